The van der Waals surface area contributed by atoms with Crippen LogP contribution in [0.5, 0.6) is 0 Å². The fourth-order valence-corrected chi connectivity index (χ4v) is 3.28. The van der Waals surface area contributed by atoms with E-state index < -0.39 is 17.7 Å². The number of ketones is 1. The molecule has 1 atom stereocenters. The van der Waals surface area contributed by atoms with Crippen molar-refractivity contribution in [3.63, 3.8) is 0 Å². The number of amides is 1. The highest BCUT2D eigenvalue weighted by molar-refractivity contribution is 6.42. The lowest BCUT2D eigenvalue weighted by Crippen LogP contribution is -2.43. The van der Waals surface area contributed by atoms with Gasteiger partial charge in [0.2, 0.25) is 0 Å². The summed E-state index contributed by atoms with van der Waals surface area (Å²) in [6.45, 7) is 1.04. The molecule has 1 N–H and O–H groups in total. The number of benzene rings is 1. The van der Waals surface area contributed by atoms with Gasteiger partial charge in [-0.25, -0.2) is 4.79 Å². The molecule has 3 rings (SSSR count). The molecule has 1 aliphatic rings. The number of hydrogen-bond acceptors (Lipinski definition) is 3. The average Bonchev–Trinajstić information content (AvgIpc) is 3.06. The van der Waals surface area contributed by atoms with E-state index in [1.165, 1.54) is 0 Å². The van der Waals surface area contributed by atoms with Gasteiger partial charge in [-0.3, -0.25) is 9.59 Å². The SMILES string of the molecule is Cn1cccc1C(=O)C(=O)N1CCC[C@H](c2ccc(C(=O)O)cc2)C1. The Hall–Kier alpha value is -2.89. The Balaban J connectivity index is 1.72. The molecule has 1 fully saturated rings. The molecule has 0 unspecified atom stereocenters. The molecule has 1 aliphatic heterocycles. The number of aryl methyl sites for hydroxylation is 1. The lowest BCUT2D eigenvalue weighted by atomic mass is 9.90. The molecule has 2 heterocycles. The molecule has 0 radical (unpaired) electrons. The Bertz CT molecular complexity index is 807. The maximum atomic E-state index is 12.6. The van der Waals surface area contributed by atoms with E-state index in [0.29, 0.717) is 18.8 Å². The van der Waals surface area contributed by atoms with Crippen molar-refractivity contribution in [2.45, 2.75) is 18.8 Å². The molecule has 0 aliphatic carbocycles. The van der Waals surface area contributed by atoms with Crippen molar-refractivity contribution in [2.75, 3.05) is 13.1 Å². The number of aromatic nitrogens is 1. The largest absolute Gasteiger partial charge is 0.478 e. The van der Waals surface area contributed by atoms with E-state index >= 15 is 0 Å². The van der Waals surface area contributed by atoms with E-state index in [2.05, 4.69) is 0 Å². The predicted molar refractivity (Wildman–Crippen MR) is 91.7 cm³/mol. The van der Waals surface area contributed by atoms with E-state index in [-0.39, 0.29) is 11.5 Å². The minimum absolute atomic E-state index is 0.113. The van der Waals surface area contributed by atoms with Crippen molar-refractivity contribution >= 4 is 17.7 Å². The van der Waals surface area contributed by atoms with Gasteiger partial charge in [0.1, 0.15) is 0 Å². The molecule has 0 bridgehead atoms. The van der Waals surface area contributed by atoms with E-state index in [4.69, 9.17) is 5.11 Å². The van der Waals surface area contributed by atoms with Gasteiger partial charge < -0.3 is 14.6 Å². The van der Waals surface area contributed by atoms with E-state index in [1.54, 1.807) is 59.1 Å². The molecule has 0 spiro atoms. The van der Waals surface area contributed by atoms with E-state index in [0.717, 1.165) is 18.4 Å². The van der Waals surface area contributed by atoms with E-state index in [1.807, 2.05) is 0 Å². The van der Waals surface area contributed by atoms with Gasteiger partial charge in [0.25, 0.3) is 11.7 Å². The summed E-state index contributed by atoms with van der Waals surface area (Å²) < 4.78 is 1.65. The van der Waals surface area contributed by atoms with Crippen molar-refractivity contribution in [3.05, 3.63) is 59.4 Å². The molecule has 25 heavy (non-hydrogen) atoms. The molecular weight excluding hydrogens is 320 g/mol. The second-order valence-corrected chi connectivity index (χ2v) is 6.35. The zero-order valence-corrected chi connectivity index (χ0v) is 14.0. The van der Waals surface area contributed by atoms with Crippen LogP contribution in [0.1, 0.15) is 45.2 Å². The van der Waals surface area contributed by atoms with Crippen LogP contribution in [-0.4, -0.2) is 45.3 Å². The van der Waals surface area contributed by atoms with Crippen LogP contribution in [0.3, 0.4) is 0 Å². The van der Waals surface area contributed by atoms with Crippen molar-refractivity contribution in [1.29, 1.82) is 0 Å². The number of Topliss-reactive ketones (excluding diaryl/α,β-unsaturated/α-hetero) is 1. The van der Waals surface area contributed by atoms with E-state index in [9.17, 15) is 14.4 Å². The molecule has 130 valence electrons. The number of carboxylic acid groups (broad SMARTS) is 1. The fourth-order valence-electron chi connectivity index (χ4n) is 3.28. The first-order valence-electron chi connectivity index (χ1n) is 8.25. The number of nitrogens with zero attached hydrogens (tertiary/aromatic N) is 2. The summed E-state index contributed by atoms with van der Waals surface area (Å²) in [7, 11) is 1.74. The summed E-state index contributed by atoms with van der Waals surface area (Å²) in [6.07, 6.45) is 3.47. The number of carbonyl (C=O) groups is 3. The quantitative estimate of drug-likeness (QED) is 0.684. The summed E-state index contributed by atoms with van der Waals surface area (Å²) in [5.41, 5.74) is 1.62. The first-order chi connectivity index (χ1) is 12.0. The lowest BCUT2D eigenvalue weighted by molar-refractivity contribution is -0.127. The van der Waals surface area contributed by atoms with Crippen LogP contribution >= 0.6 is 0 Å². The summed E-state index contributed by atoms with van der Waals surface area (Å²) >= 11 is 0. The molecule has 6 heteroatoms. The monoisotopic (exact) mass is 340 g/mol. The zero-order chi connectivity index (χ0) is 18.0. The molecule has 6 nitrogen and oxygen atoms in total. The summed E-state index contributed by atoms with van der Waals surface area (Å²) in [4.78, 5) is 37.5. The van der Waals surface area contributed by atoms with Gasteiger partial charge in [-0.05, 0) is 42.7 Å². The highest BCUT2D eigenvalue weighted by Gasteiger charge is 2.30. The third-order valence-electron chi connectivity index (χ3n) is 4.71. The molecular formula is C19H20N2O4. The molecule has 2 aromatic rings. The van der Waals surface area contributed by atoms with Crippen LogP contribution in [0.4, 0.5) is 0 Å². The molecule has 1 aromatic carbocycles. The summed E-state index contributed by atoms with van der Waals surface area (Å²) in [5, 5.41) is 8.98. The first-order valence-corrected chi connectivity index (χ1v) is 8.25. The van der Waals surface area contributed by atoms with Crippen LogP contribution in [0, 0.1) is 0 Å². The van der Waals surface area contributed by atoms with Gasteiger partial charge in [0.05, 0.1) is 11.3 Å². The number of carbonyl (C=O) groups excluding carboxylic acids is 2. The molecule has 1 amide bonds. The Morgan fingerprint density at radius 3 is 2.44 bits per heavy atom. The van der Waals surface area contributed by atoms with Crippen LogP contribution in [-0.2, 0) is 11.8 Å². The van der Waals surface area contributed by atoms with Crippen LogP contribution < -0.4 is 0 Å². The minimum atomic E-state index is -0.958. The lowest BCUT2D eigenvalue weighted by Gasteiger charge is -2.32. The van der Waals surface area contributed by atoms with Crippen molar-refractivity contribution < 1.29 is 19.5 Å². The van der Waals surface area contributed by atoms with Crippen LogP contribution in [0.15, 0.2) is 42.6 Å². The Morgan fingerprint density at radius 2 is 1.84 bits per heavy atom. The normalized spacial score (nSPS) is 17.3. The van der Waals surface area contributed by atoms with Crippen LogP contribution in [0.2, 0.25) is 0 Å². The van der Waals surface area contributed by atoms with Gasteiger partial charge in [0.15, 0.2) is 0 Å². The number of aromatic carboxylic acids is 1. The van der Waals surface area contributed by atoms with Crippen LogP contribution in [0.25, 0.3) is 0 Å². The second kappa shape index (κ2) is 6.93. The summed E-state index contributed by atoms with van der Waals surface area (Å²) in [6, 6.07) is 10.1. The number of rotatable bonds is 4. The average molecular weight is 340 g/mol. The third kappa shape index (κ3) is 3.47. The highest BCUT2D eigenvalue weighted by Crippen LogP contribution is 2.27. The maximum Gasteiger partial charge on any atom is 0.335 e. The van der Waals surface area contributed by atoms with Gasteiger partial charge in [-0.2, -0.15) is 0 Å². The smallest absolute Gasteiger partial charge is 0.335 e. The van der Waals surface area contributed by atoms with Crippen molar-refractivity contribution in [3.8, 4) is 0 Å². The fraction of sp³-hybridized carbons (Fsp3) is 0.316. The molecule has 1 saturated heterocycles. The maximum absolute atomic E-state index is 12.6. The van der Waals surface area contributed by atoms with Crippen molar-refractivity contribution in [2.24, 2.45) is 7.05 Å². The van der Waals surface area contributed by atoms with Gasteiger partial charge in [-0.15, -0.1) is 0 Å². The number of piperidine rings is 1. The van der Waals surface area contributed by atoms with Gasteiger partial charge >= 0.3 is 5.97 Å². The second-order valence-electron chi connectivity index (χ2n) is 6.35. The van der Waals surface area contributed by atoms with Crippen molar-refractivity contribution in [1.82, 2.24) is 9.47 Å². The summed E-state index contributed by atoms with van der Waals surface area (Å²) in [5.74, 6) is -1.81. The van der Waals surface area contributed by atoms with Gasteiger partial charge in [-0.1, -0.05) is 12.1 Å². The standard InChI is InChI=1S/C19H20N2O4/c1-20-10-3-5-16(20)17(22)18(23)21-11-2-4-15(12-21)13-6-8-14(9-7-13)19(24)25/h3,5-10,15H,2,4,11-12H2,1H3,(H,24,25)/t15-/m0/s1. The molecule has 1 aromatic heterocycles. The Labute approximate surface area is 145 Å². The Morgan fingerprint density at radius 1 is 1.12 bits per heavy atom. The molecule has 0 saturated carbocycles. The van der Waals surface area contributed by atoms with Gasteiger partial charge in [0, 0.05) is 32.3 Å². The third-order valence-corrected chi connectivity index (χ3v) is 4.71. The minimum Gasteiger partial charge on any atom is -0.478 e. The highest BCUT2D eigenvalue weighted by atomic mass is 16.4. The first kappa shape index (κ1) is 17.0. The Kier molecular flexibility index (Phi) is 4.70. The number of hydrogen-bond donors (Lipinski definition) is 1. The predicted octanol–water partition coefficient (Wildman–Crippen LogP) is 2.31. The number of carboxylic acids is 1. The number of likely N-dealkylation sites (tertiary alicyclic amines) is 1. The zero-order valence-electron chi connectivity index (χ0n) is 14.0. The topological polar surface area (TPSA) is 79.6 Å².